The Labute approximate surface area is 222 Å². The Morgan fingerprint density at radius 1 is 0.788 bits per heavy atom. The molecular formula is C26H37NaO5S. The number of hydrogen-bond donors (Lipinski definition) is 1. The van der Waals surface area contributed by atoms with Crippen molar-refractivity contribution in [2.45, 2.75) is 95.3 Å². The predicted octanol–water partition coefficient (Wildman–Crippen LogP) is 4.05. The third-order valence-corrected chi connectivity index (χ3v) is 6.65. The Morgan fingerprint density at radius 3 is 1.82 bits per heavy atom. The molecule has 0 spiro atoms. The second kappa shape index (κ2) is 16.6. The first-order valence-corrected chi connectivity index (χ1v) is 13.4. The van der Waals surface area contributed by atoms with E-state index in [9.17, 15) is 18.1 Å². The Kier molecular flexibility index (Phi) is 15.0. The summed E-state index contributed by atoms with van der Waals surface area (Å²) in [6.07, 6.45) is 14.6. The van der Waals surface area contributed by atoms with Crippen LogP contribution < -0.4 is 39.4 Å². The molecule has 0 aliphatic rings. The summed E-state index contributed by atoms with van der Waals surface area (Å²) in [6, 6.07) is 11.3. The number of rotatable bonds is 16. The third-order valence-electron chi connectivity index (χ3n) is 5.69. The van der Waals surface area contributed by atoms with Crippen molar-refractivity contribution < 1.29 is 52.4 Å². The van der Waals surface area contributed by atoms with Gasteiger partial charge in [-0.1, -0.05) is 102 Å². The van der Waals surface area contributed by atoms with E-state index in [1.54, 1.807) is 24.3 Å². The van der Waals surface area contributed by atoms with E-state index in [1.165, 1.54) is 63.5 Å². The van der Waals surface area contributed by atoms with Crippen LogP contribution in [0.5, 0.6) is 17.2 Å². The molecule has 2 rings (SSSR count). The van der Waals surface area contributed by atoms with Crippen molar-refractivity contribution in [3.63, 3.8) is 0 Å². The molecule has 1 N–H and O–H groups in total. The molecule has 0 heterocycles. The first-order valence-electron chi connectivity index (χ1n) is 12.0. The summed E-state index contributed by atoms with van der Waals surface area (Å²) in [7, 11) is -4.60. The molecule has 0 aliphatic carbocycles. The van der Waals surface area contributed by atoms with Gasteiger partial charge in [-0.15, -0.1) is 5.75 Å². The van der Waals surface area contributed by atoms with Gasteiger partial charge in [0.2, 0.25) is 0 Å². The van der Waals surface area contributed by atoms with Crippen molar-refractivity contribution in [1.29, 1.82) is 0 Å². The van der Waals surface area contributed by atoms with E-state index in [0.717, 1.165) is 19.3 Å². The molecule has 33 heavy (non-hydrogen) atoms. The zero-order chi connectivity index (χ0) is 23.2. The first-order chi connectivity index (χ1) is 15.4. The summed E-state index contributed by atoms with van der Waals surface area (Å²) >= 11 is 0. The average Bonchev–Trinajstić information content (AvgIpc) is 2.76. The molecule has 0 saturated carbocycles. The number of benzene rings is 2. The van der Waals surface area contributed by atoms with Gasteiger partial charge in [0.05, 0.1) is 0 Å². The van der Waals surface area contributed by atoms with E-state index < -0.39 is 15.0 Å². The smallest absolute Gasteiger partial charge is 0.872 e. The summed E-state index contributed by atoms with van der Waals surface area (Å²) in [5.41, 5.74) is 0.105. The Balaban J connectivity index is 0.00000544. The van der Waals surface area contributed by atoms with Crippen LogP contribution in [0.15, 0.2) is 47.4 Å². The van der Waals surface area contributed by atoms with Crippen LogP contribution in [0.2, 0.25) is 0 Å². The number of unbranched alkanes of at least 4 members (excludes halogenated alkanes) is 11. The largest absolute Gasteiger partial charge is 1.00 e. The maximum Gasteiger partial charge on any atom is 1.00 e. The molecular weight excluding hydrogens is 447 g/mol. The summed E-state index contributed by atoms with van der Waals surface area (Å²) < 4.78 is 39.6. The summed E-state index contributed by atoms with van der Waals surface area (Å²) in [4.78, 5) is -0.406. The maximum absolute atomic E-state index is 12.4. The Morgan fingerprint density at radius 2 is 1.30 bits per heavy atom. The van der Waals surface area contributed by atoms with Gasteiger partial charge in [-0.3, -0.25) is 4.55 Å². The van der Waals surface area contributed by atoms with Gasteiger partial charge in [0.1, 0.15) is 16.4 Å². The minimum atomic E-state index is -4.60. The van der Waals surface area contributed by atoms with Crippen LogP contribution in [0.4, 0.5) is 0 Å². The third kappa shape index (κ3) is 11.3. The predicted molar refractivity (Wildman–Crippen MR) is 127 cm³/mol. The maximum atomic E-state index is 12.4. The first kappa shape index (κ1) is 30.0. The van der Waals surface area contributed by atoms with Crippen molar-refractivity contribution in [2.75, 3.05) is 0 Å². The van der Waals surface area contributed by atoms with Crippen LogP contribution in [0.25, 0.3) is 0 Å². The van der Waals surface area contributed by atoms with Gasteiger partial charge in [0, 0.05) is 0 Å². The van der Waals surface area contributed by atoms with Crippen molar-refractivity contribution in [3.05, 3.63) is 48.0 Å². The Bertz CT molecular complexity index is 900. The van der Waals surface area contributed by atoms with Gasteiger partial charge >= 0.3 is 29.6 Å². The van der Waals surface area contributed by atoms with Crippen LogP contribution in [0, 0.1) is 0 Å². The summed E-state index contributed by atoms with van der Waals surface area (Å²) in [6.45, 7) is 2.23. The molecule has 2 aromatic rings. The van der Waals surface area contributed by atoms with Crippen LogP contribution >= 0.6 is 0 Å². The fourth-order valence-corrected chi connectivity index (χ4v) is 4.82. The van der Waals surface area contributed by atoms with E-state index in [4.69, 9.17) is 4.74 Å². The van der Waals surface area contributed by atoms with Gasteiger partial charge in [0.25, 0.3) is 10.1 Å². The quantitative estimate of drug-likeness (QED) is 0.221. The van der Waals surface area contributed by atoms with Gasteiger partial charge < -0.3 is 9.84 Å². The molecule has 0 radical (unpaired) electrons. The standard InChI is InChI=1S/C26H38O5S.Na/c1-2-3-4-5-6-7-8-9-10-11-12-16-19-23-24(27)20-21-25(26(23)32(28,29)30)31-22-17-14-13-15-18-22;/h13-15,17-18,20-21,27H,2-12,16,19H2,1H3,(H,28,29,30);/q;+1/p-1. The van der Waals surface area contributed by atoms with Crippen LogP contribution in [-0.4, -0.2) is 13.0 Å². The molecule has 0 unspecified atom stereocenters. The molecule has 0 fully saturated rings. The summed E-state index contributed by atoms with van der Waals surface area (Å²) in [5.74, 6) is 0.0284. The molecule has 5 nitrogen and oxygen atoms in total. The van der Waals surface area contributed by atoms with Gasteiger partial charge in [-0.2, -0.15) is 8.42 Å². The number of hydrogen-bond acceptors (Lipinski definition) is 4. The van der Waals surface area contributed by atoms with Crippen molar-refractivity contribution >= 4 is 10.1 Å². The molecule has 0 amide bonds. The van der Waals surface area contributed by atoms with E-state index in [-0.39, 0.29) is 46.6 Å². The molecule has 0 atom stereocenters. The van der Waals surface area contributed by atoms with Gasteiger partial charge in [-0.25, -0.2) is 0 Å². The van der Waals surface area contributed by atoms with E-state index >= 15 is 0 Å². The van der Waals surface area contributed by atoms with Gasteiger partial charge in [-0.05, 0) is 36.6 Å². The minimum absolute atomic E-state index is 0. The van der Waals surface area contributed by atoms with Gasteiger partial charge in [0.15, 0.2) is 0 Å². The Hall–Kier alpha value is -1.05. The summed E-state index contributed by atoms with van der Waals surface area (Å²) in [5, 5.41) is 12.4. The van der Waals surface area contributed by atoms with E-state index in [0.29, 0.717) is 18.6 Å². The second-order valence-electron chi connectivity index (χ2n) is 8.40. The normalized spacial score (nSPS) is 11.2. The van der Waals surface area contributed by atoms with Crippen molar-refractivity contribution in [2.24, 2.45) is 0 Å². The zero-order valence-electron chi connectivity index (χ0n) is 20.2. The molecule has 7 heteroatoms. The fourth-order valence-electron chi connectivity index (χ4n) is 3.95. The fraction of sp³-hybridized carbons (Fsp3) is 0.538. The van der Waals surface area contributed by atoms with E-state index in [2.05, 4.69) is 6.92 Å². The SMILES string of the molecule is CCCCCCCCCCCCCCc1c([O-])ccc(Oc2ccccc2)c1S(=O)(=O)O.[Na+]. The molecule has 2 aromatic carbocycles. The molecule has 0 saturated heterocycles. The van der Waals surface area contributed by atoms with Crippen LogP contribution in [0.1, 0.15) is 89.5 Å². The number of para-hydroxylation sites is 1. The molecule has 0 bridgehead atoms. The van der Waals surface area contributed by atoms with Crippen molar-refractivity contribution in [1.82, 2.24) is 0 Å². The zero-order valence-corrected chi connectivity index (χ0v) is 23.0. The van der Waals surface area contributed by atoms with Crippen molar-refractivity contribution in [3.8, 4) is 17.2 Å². The minimum Gasteiger partial charge on any atom is -0.872 e. The van der Waals surface area contributed by atoms with Crippen LogP contribution in [0.3, 0.4) is 0 Å². The van der Waals surface area contributed by atoms with E-state index in [1.807, 2.05) is 6.07 Å². The monoisotopic (exact) mass is 484 g/mol. The molecule has 0 aliphatic heterocycles. The average molecular weight is 485 g/mol. The van der Waals surface area contributed by atoms with Crippen LogP contribution in [-0.2, 0) is 16.5 Å². The molecule has 178 valence electrons. The second-order valence-corrected chi connectivity index (χ2v) is 9.76. The number of ether oxygens (including phenoxy) is 1. The molecule has 0 aromatic heterocycles. The topological polar surface area (TPSA) is 86.7 Å².